The number of fused-ring (bicyclic) bond motifs is 1. The van der Waals surface area contributed by atoms with Crippen LogP contribution in [0, 0.1) is 0 Å². The Morgan fingerprint density at radius 2 is 1.86 bits per heavy atom. The van der Waals surface area contributed by atoms with Gasteiger partial charge in [-0.3, -0.25) is 4.90 Å². The third-order valence-electron chi connectivity index (χ3n) is 5.67. The Morgan fingerprint density at radius 3 is 2.59 bits per heavy atom. The third kappa shape index (κ3) is 3.73. The highest BCUT2D eigenvalue weighted by molar-refractivity contribution is 6.35. The predicted octanol–water partition coefficient (Wildman–Crippen LogP) is 3.52. The molecule has 6 nitrogen and oxygen atoms in total. The molecule has 1 aliphatic carbocycles. The van der Waals surface area contributed by atoms with E-state index in [1.54, 1.807) is 11.0 Å². The normalized spacial score (nSPS) is 21.9. The van der Waals surface area contributed by atoms with Crippen LogP contribution in [-0.2, 0) is 6.42 Å². The molecule has 5 rings (SSSR count). The van der Waals surface area contributed by atoms with Crippen LogP contribution in [0.15, 0.2) is 49.1 Å². The number of ether oxygens (including phenoxy) is 1. The maximum atomic E-state index is 6.54. The number of rotatable bonds is 4. The van der Waals surface area contributed by atoms with Gasteiger partial charge in [-0.05, 0) is 48.4 Å². The molecule has 2 unspecified atom stereocenters. The molecule has 3 aromatic rings. The molecule has 8 heteroatoms. The monoisotopic (exact) mass is 429 g/mol. The van der Waals surface area contributed by atoms with Crippen LogP contribution in [0.3, 0.4) is 0 Å². The molecule has 29 heavy (non-hydrogen) atoms. The molecule has 0 amide bonds. The van der Waals surface area contributed by atoms with Gasteiger partial charge in [-0.2, -0.15) is 5.10 Å². The lowest BCUT2D eigenvalue weighted by Gasteiger charge is -2.36. The van der Waals surface area contributed by atoms with E-state index in [1.165, 1.54) is 6.33 Å². The number of hydrogen-bond acceptors (Lipinski definition) is 5. The molecule has 1 aromatic heterocycles. The molecule has 1 N–H and O–H groups in total. The number of benzene rings is 2. The van der Waals surface area contributed by atoms with E-state index in [1.807, 2.05) is 36.4 Å². The van der Waals surface area contributed by atoms with Crippen LogP contribution in [0.25, 0.3) is 5.69 Å². The van der Waals surface area contributed by atoms with E-state index in [-0.39, 0.29) is 12.1 Å². The van der Waals surface area contributed by atoms with E-state index in [0.29, 0.717) is 5.02 Å². The quantitative estimate of drug-likeness (QED) is 0.687. The van der Waals surface area contributed by atoms with Crippen LogP contribution in [0.5, 0.6) is 5.75 Å². The van der Waals surface area contributed by atoms with E-state index in [0.717, 1.165) is 60.2 Å². The van der Waals surface area contributed by atoms with Crippen molar-refractivity contribution in [2.75, 3.05) is 26.2 Å². The summed E-state index contributed by atoms with van der Waals surface area (Å²) in [4.78, 5) is 6.49. The van der Waals surface area contributed by atoms with Gasteiger partial charge in [0.05, 0.1) is 11.7 Å². The second kappa shape index (κ2) is 7.95. The van der Waals surface area contributed by atoms with Gasteiger partial charge in [-0.25, -0.2) is 9.67 Å². The largest absolute Gasteiger partial charge is 0.484 e. The Kier molecular flexibility index (Phi) is 5.18. The van der Waals surface area contributed by atoms with Gasteiger partial charge in [0.2, 0.25) is 0 Å². The summed E-state index contributed by atoms with van der Waals surface area (Å²) in [7, 11) is 0. The zero-order valence-electron chi connectivity index (χ0n) is 15.8. The Balaban J connectivity index is 1.45. The molecule has 2 aromatic carbocycles. The van der Waals surface area contributed by atoms with Crippen LogP contribution in [-0.4, -0.2) is 51.9 Å². The van der Waals surface area contributed by atoms with Crippen molar-refractivity contribution in [1.82, 2.24) is 25.0 Å². The van der Waals surface area contributed by atoms with Gasteiger partial charge in [0.25, 0.3) is 0 Å². The summed E-state index contributed by atoms with van der Waals surface area (Å²) in [5.41, 5.74) is 3.17. The molecular weight excluding hydrogens is 409 g/mol. The van der Waals surface area contributed by atoms with Crippen LogP contribution in [0.1, 0.15) is 17.2 Å². The number of nitrogens with one attached hydrogen (secondary N) is 1. The molecule has 150 valence electrons. The molecule has 2 aliphatic rings. The summed E-state index contributed by atoms with van der Waals surface area (Å²) in [5, 5.41) is 8.95. The Bertz CT molecular complexity index is 987. The average molecular weight is 430 g/mol. The van der Waals surface area contributed by atoms with Crippen molar-refractivity contribution < 1.29 is 4.74 Å². The van der Waals surface area contributed by atoms with Crippen LogP contribution >= 0.6 is 23.2 Å². The molecule has 0 saturated carbocycles. The average Bonchev–Trinajstić information content (AvgIpc) is 3.39. The molecule has 0 radical (unpaired) electrons. The van der Waals surface area contributed by atoms with E-state index in [2.05, 4.69) is 20.3 Å². The fourth-order valence-electron chi connectivity index (χ4n) is 4.26. The lowest BCUT2D eigenvalue weighted by Crippen LogP contribution is -2.50. The fraction of sp³-hybridized carbons (Fsp3) is 0.333. The second-order valence-corrected chi connectivity index (χ2v) is 8.23. The zero-order valence-corrected chi connectivity index (χ0v) is 17.3. The van der Waals surface area contributed by atoms with E-state index in [9.17, 15) is 0 Å². The van der Waals surface area contributed by atoms with Crippen LogP contribution in [0.2, 0.25) is 10.0 Å². The minimum absolute atomic E-state index is 0.114. The van der Waals surface area contributed by atoms with Crippen LogP contribution in [0.4, 0.5) is 0 Å². The number of nitrogens with zero attached hydrogens (tertiary/aromatic N) is 4. The summed E-state index contributed by atoms with van der Waals surface area (Å²) in [6.07, 6.45) is 3.95. The summed E-state index contributed by atoms with van der Waals surface area (Å²) in [5.74, 6) is 0.808. The molecule has 0 spiro atoms. The number of halogens is 2. The van der Waals surface area contributed by atoms with Crippen molar-refractivity contribution in [3.05, 3.63) is 70.2 Å². The van der Waals surface area contributed by atoms with Crippen LogP contribution < -0.4 is 10.1 Å². The Labute approximate surface area is 179 Å². The van der Waals surface area contributed by atoms with Crippen molar-refractivity contribution >= 4 is 23.2 Å². The van der Waals surface area contributed by atoms with Gasteiger partial charge < -0.3 is 10.1 Å². The predicted molar refractivity (Wildman–Crippen MR) is 113 cm³/mol. The highest BCUT2D eigenvalue weighted by atomic mass is 35.5. The number of hydrogen-bond donors (Lipinski definition) is 1. The first-order valence-electron chi connectivity index (χ1n) is 9.73. The molecule has 2 atom stereocenters. The summed E-state index contributed by atoms with van der Waals surface area (Å²) < 4.78 is 8.25. The molecule has 2 heterocycles. The maximum absolute atomic E-state index is 6.54. The molecule has 1 aliphatic heterocycles. The number of aromatic nitrogens is 3. The molecule has 1 fully saturated rings. The standard InChI is InChI=1S/C21H21Cl2N5O/c22-14-9-18-17(19(23)10-14)11-20(27-7-5-24-6-8-27)21(18)29-16-3-1-15(2-4-16)28-13-25-12-26-28/h1-4,9-10,12-13,20-21,24H,5-8,11H2. The lowest BCUT2D eigenvalue weighted by molar-refractivity contribution is 0.0694. The topological polar surface area (TPSA) is 55.2 Å². The van der Waals surface area contributed by atoms with Crippen molar-refractivity contribution in [2.24, 2.45) is 0 Å². The maximum Gasteiger partial charge on any atom is 0.140 e. The first-order valence-corrected chi connectivity index (χ1v) is 10.5. The minimum Gasteiger partial charge on any atom is -0.484 e. The second-order valence-electron chi connectivity index (χ2n) is 7.39. The first kappa shape index (κ1) is 18.9. The summed E-state index contributed by atoms with van der Waals surface area (Å²) in [6.45, 7) is 3.96. The lowest BCUT2D eigenvalue weighted by atomic mass is 10.1. The van der Waals surface area contributed by atoms with Crippen molar-refractivity contribution in [2.45, 2.75) is 18.6 Å². The van der Waals surface area contributed by atoms with Gasteiger partial charge in [0.15, 0.2) is 0 Å². The highest BCUT2D eigenvalue weighted by Gasteiger charge is 2.39. The van der Waals surface area contributed by atoms with Gasteiger partial charge in [-0.15, -0.1) is 0 Å². The Hall–Kier alpha value is -2.12. The summed E-state index contributed by atoms with van der Waals surface area (Å²) in [6, 6.07) is 11.9. The minimum atomic E-state index is -0.114. The van der Waals surface area contributed by atoms with E-state index >= 15 is 0 Å². The van der Waals surface area contributed by atoms with Gasteiger partial charge in [-0.1, -0.05) is 23.2 Å². The smallest absolute Gasteiger partial charge is 0.140 e. The SMILES string of the molecule is Clc1cc(Cl)c2c(c1)C(Oc1ccc(-n3cncn3)cc1)C(N1CCNCC1)C2. The van der Waals surface area contributed by atoms with E-state index in [4.69, 9.17) is 27.9 Å². The van der Waals surface area contributed by atoms with Gasteiger partial charge >= 0.3 is 0 Å². The van der Waals surface area contributed by atoms with Gasteiger partial charge in [0.1, 0.15) is 24.5 Å². The first-order chi connectivity index (χ1) is 14.2. The Morgan fingerprint density at radius 1 is 1.07 bits per heavy atom. The van der Waals surface area contributed by atoms with Crippen molar-refractivity contribution in [3.8, 4) is 11.4 Å². The van der Waals surface area contributed by atoms with Crippen molar-refractivity contribution in [3.63, 3.8) is 0 Å². The molecule has 1 saturated heterocycles. The third-order valence-corrected chi connectivity index (χ3v) is 6.22. The molecule has 0 bridgehead atoms. The van der Waals surface area contributed by atoms with Crippen molar-refractivity contribution in [1.29, 1.82) is 0 Å². The van der Waals surface area contributed by atoms with Gasteiger partial charge in [0, 0.05) is 41.8 Å². The summed E-state index contributed by atoms with van der Waals surface area (Å²) >= 11 is 12.9. The zero-order chi connectivity index (χ0) is 19.8. The van der Waals surface area contributed by atoms with E-state index < -0.39 is 0 Å². The fourth-order valence-corrected chi connectivity index (χ4v) is 4.84. The number of piperazine rings is 1. The molecular formula is C21H21Cl2N5O. The highest BCUT2D eigenvalue weighted by Crippen LogP contribution is 2.42.